The second kappa shape index (κ2) is 6.30. The van der Waals surface area contributed by atoms with E-state index in [0.29, 0.717) is 11.4 Å². The molecular weight excluding hydrogens is 240 g/mol. The lowest BCUT2D eigenvalue weighted by molar-refractivity contribution is -0.120. The minimum atomic E-state index is -0.183. The van der Waals surface area contributed by atoms with Gasteiger partial charge in [-0.05, 0) is 29.8 Å². The van der Waals surface area contributed by atoms with Crippen LogP contribution in [0, 0.1) is 0 Å². The number of hydrazone groups is 1. The van der Waals surface area contributed by atoms with Crippen LogP contribution < -0.4 is 11.2 Å². The fourth-order valence-electron chi connectivity index (χ4n) is 1.48. The number of amides is 1. The van der Waals surface area contributed by atoms with Crippen LogP contribution in [0.15, 0.2) is 53.8 Å². The van der Waals surface area contributed by atoms with Gasteiger partial charge in [0.25, 0.3) is 0 Å². The molecule has 0 aliphatic heterocycles. The molecule has 1 aromatic heterocycles. The number of nitrogens with one attached hydrogen (secondary N) is 1. The van der Waals surface area contributed by atoms with E-state index in [2.05, 4.69) is 15.5 Å². The fourth-order valence-corrected chi connectivity index (χ4v) is 1.48. The van der Waals surface area contributed by atoms with Gasteiger partial charge in [0, 0.05) is 11.9 Å². The monoisotopic (exact) mass is 254 g/mol. The number of hydrogen-bond acceptors (Lipinski definition) is 4. The standard InChI is InChI=1S/C14H14N4O/c15-12-6-4-11(5-7-12)9-14(19)18-17-10-13-3-1-2-8-16-13/h1-8,10H,9,15H2,(H,18,19)/b17-10-. The molecule has 0 atom stereocenters. The minimum Gasteiger partial charge on any atom is -0.399 e. The van der Waals surface area contributed by atoms with Crippen molar-refractivity contribution in [1.29, 1.82) is 0 Å². The minimum absolute atomic E-state index is 0.183. The number of anilines is 1. The molecule has 0 unspecified atom stereocenters. The summed E-state index contributed by atoms with van der Waals surface area (Å²) in [7, 11) is 0. The van der Waals surface area contributed by atoms with Gasteiger partial charge in [-0.1, -0.05) is 18.2 Å². The second-order valence-electron chi connectivity index (χ2n) is 3.97. The Hall–Kier alpha value is -2.69. The zero-order chi connectivity index (χ0) is 13.5. The summed E-state index contributed by atoms with van der Waals surface area (Å²) < 4.78 is 0. The van der Waals surface area contributed by atoms with E-state index in [1.54, 1.807) is 24.4 Å². The van der Waals surface area contributed by atoms with Gasteiger partial charge >= 0.3 is 0 Å². The molecule has 2 rings (SSSR count). The van der Waals surface area contributed by atoms with Crippen molar-refractivity contribution < 1.29 is 4.79 Å². The number of pyridine rings is 1. The van der Waals surface area contributed by atoms with Crippen molar-refractivity contribution in [2.24, 2.45) is 5.10 Å². The first kappa shape index (κ1) is 12.8. The van der Waals surface area contributed by atoms with Gasteiger partial charge in [0.05, 0.1) is 18.3 Å². The van der Waals surface area contributed by atoms with Gasteiger partial charge in [-0.15, -0.1) is 0 Å². The number of nitrogens with zero attached hydrogens (tertiary/aromatic N) is 2. The van der Waals surface area contributed by atoms with Crippen LogP contribution in [0.1, 0.15) is 11.3 Å². The summed E-state index contributed by atoms with van der Waals surface area (Å²) in [5.74, 6) is -0.183. The van der Waals surface area contributed by atoms with Crippen LogP contribution in [0.2, 0.25) is 0 Å². The summed E-state index contributed by atoms with van der Waals surface area (Å²) in [6.07, 6.45) is 3.43. The summed E-state index contributed by atoms with van der Waals surface area (Å²) in [4.78, 5) is 15.7. The number of carbonyl (C=O) groups excluding carboxylic acids is 1. The Bertz CT molecular complexity index is 564. The van der Waals surface area contributed by atoms with E-state index >= 15 is 0 Å². The highest BCUT2D eigenvalue weighted by molar-refractivity contribution is 5.82. The molecular formula is C14H14N4O. The molecule has 0 bridgehead atoms. The lowest BCUT2D eigenvalue weighted by Crippen LogP contribution is -2.19. The molecule has 2 aromatic rings. The molecule has 0 aliphatic rings. The summed E-state index contributed by atoms with van der Waals surface area (Å²) in [5.41, 5.74) is 10.3. The van der Waals surface area contributed by atoms with Crippen LogP contribution in [0.25, 0.3) is 0 Å². The molecule has 3 N–H and O–H groups in total. The molecule has 96 valence electrons. The Morgan fingerprint density at radius 1 is 1.26 bits per heavy atom. The van der Waals surface area contributed by atoms with Crippen molar-refractivity contribution in [3.8, 4) is 0 Å². The topological polar surface area (TPSA) is 80.4 Å². The summed E-state index contributed by atoms with van der Waals surface area (Å²) in [6.45, 7) is 0. The number of nitrogens with two attached hydrogens (primary N) is 1. The lowest BCUT2D eigenvalue weighted by Gasteiger charge is -2.00. The van der Waals surface area contributed by atoms with Gasteiger partial charge in [-0.2, -0.15) is 5.10 Å². The van der Waals surface area contributed by atoms with Crippen molar-refractivity contribution in [2.45, 2.75) is 6.42 Å². The predicted octanol–water partition coefficient (Wildman–Crippen LogP) is 1.36. The number of benzene rings is 1. The maximum atomic E-state index is 11.6. The maximum absolute atomic E-state index is 11.6. The van der Waals surface area contributed by atoms with Crippen LogP contribution in [0.3, 0.4) is 0 Å². The SMILES string of the molecule is Nc1ccc(CC(=O)N/N=C\c2ccccn2)cc1. The molecule has 5 nitrogen and oxygen atoms in total. The number of carbonyl (C=O) groups is 1. The Balaban J connectivity index is 1.85. The largest absolute Gasteiger partial charge is 0.399 e. The molecule has 19 heavy (non-hydrogen) atoms. The van der Waals surface area contributed by atoms with E-state index in [1.807, 2.05) is 24.3 Å². The molecule has 0 spiro atoms. The first-order valence-electron chi connectivity index (χ1n) is 5.81. The van der Waals surface area contributed by atoms with Crippen molar-refractivity contribution >= 4 is 17.8 Å². The van der Waals surface area contributed by atoms with Crippen LogP contribution in [0.5, 0.6) is 0 Å². The van der Waals surface area contributed by atoms with E-state index in [4.69, 9.17) is 5.73 Å². The third-order valence-corrected chi connectivity index (χ3v) is 2.42. The van der Waals surface area contributed by atoms with E-state index in [1.165, 1.54) is 6.21 Å². The van der Waals surface area contributed by atoms with Crippen LogP contribution in [0.4, 0.5) is 5.69 Å². The van der Waals surface area contributed by atoms with Crippen molar-refractivity contribution in [2.75, 3.05) is 5.73 Å². The number of hydrogen-bond donors (Lipinski definition) is 2. The molecule has 5 heteroatoms. The van der Waals surface area contributed by atoms with Gasteiger partial charge in [0.2, 0.25) is 5.91 Å². The smallest absolute Gasteiger partial charge is 0.244 e. The molecule has 0 radical (unpaired) electrons. The first-order valence-corrected chi connectivity index (χ1v) is 5.81. The highest BCUT2D eigenvalue weighted by atomic mass is 16.2. The average Bonchev–Trinajstić information content (AvgIpc) is 2.43. The molecule has 1 amide bonds. The molecule has 0 fully saturated rings. The zero-order valence-corrected chi connectivity index (χ0v) is 10.3. The summed E-state index contributed by atoms with van der Waals surface area (Å²) in [6, 6.07) is 12.6. The molecule has 0 saturated heterocycles. The quantitative estimate of drug-likeness (QED) is 0.491. The van der Waals surface area contributed by atoms with Crippen LogP contribution in [-0.2, 0) is 11.2 Å². The fraction of sp³-hybridized carbons (Fsp3) is 0.0714. The number of aromatic nitrogens is 1. The van der Waals surface area contributed by atoms with Gasteiger partial charge in [-0.25, -0.2) is 5.43 Å². The Morgan fingerprint density at radius 3 is 2.74 bits per heavy atom. The van der Waals surface area contributed by atoms with Crippen molar-refractivity contribution in [3.63, 3.8) is 0 Å². The van der Waals surface area contributed by atoms with Gasteiger partial charge in [0.1, 0.15) is 0 Å². The average molecular weight is 254 g/mol. The maximum Gasteiger partial charge on any atom is 0.244 e. The molecule has 0 aliphatic carbocycles. The van der Waals surface area contributed by atoms with Crippen molar-refractivity contribution in [1.82, 2.24) is 10.4 Å². The first-order chi connectivity index (χ1) is 9.24. The summed E-state index contributed by atoms with van der Waals surface area (Å²) in [5, 5.41) is 3.84. The van der Waals surface area contributed by atoms with Gasteiger partial charge < -0.3 is 5.73 Å². The number of rotatable bonds is 4. The Morgan fingerprint density at radius 2 is 2.05 bits per heavy atom. The van der Waals surface area contributed by atoms with E-state index < -0.39 is 0 Å². The molecule has 0 saturated carbocycles. The third-order valence-electron chi connectivity index (χ3n) is 2.42. The number of nitrogen functional groups attached to an aromatic ring is 1. The normalized spacial score (nSPS) is 10.5. The molecule has 1 heterocycles. The predicted molar refractivity (Wildman–Crippen MR) is 74.5 cm³/mol. The molecule has 1 aromatic carbocycles. The van der Waals surface area contributed by atoms with E-state index in [0.717, 1.165) is 5.56 Å². The lowest BCUT2D eigenvalue weighted by atomic mass is 10.1. The van der Waals surface area contributed by atoms with Gasteiger partial charge in [0.15, 0.2) is 0 Å². The van der Waals surface area contributed by atoms with Crippen molar-refractivity contribution in [3.05, 3.63) is 59.9 Å². The Labute approximate surface area is 111 Å². The van der Waals surface area contributed by atoms with E-state index in [9.17, 15) is 4.79 Å². The van der Waals surface area contributed by atoms with Crippen LogP contribution >= 0.6 is 0 Å². The second-order valence-corrected chi connectivity index (χ2v) is 3.97. The van der Waals surface area contributed by atoms with Gasteiger partial charge in [-0.3, -0.25) is 9.78 Å². The van der Waals surface area contributed by atoms with Crippen LogP contribution in [-0.4, -0.2) is 17.1 Å². The summed E-state index contributed by atoms with van der Waals surface area (Å²) >= 11 is 0. The zero-order valence-electron chi connectivity index (χ0n) is 10.3. The highest BCUT2D eigenvalue weighted by Gasteiger charge is 2.01. The highest BCUT2D eigenvalue weighted by Crippen LogP contribution is 2.05. The van der Waals surface area contributed by atoms with E-state index in [-0.39, 0.29) is 12.3 Å². The Kier molecular flexibility index (Phi) is 4.23. The third kappa shape index (κ3) is 4.23.